The Labute approximate surface area is 320 Å². The summed E-state index contributed by atoms with van der Waals surface area (Å²) in [6.07, 6.45) is 24.1. The molecular weight excluding hydrogens is 680 g/mol. The maximum absolute atomic E-state index is 12.7. The molecule has 11 nitrogen and oxygen atoms in total. The third kappa shape index (κ3) is 25.6. The zero-order chi connectivity index (χ0) is 38.9. The van der Waals surface area contributed by atoms with Gasteiger partial charge in [0, 0.05) is 12.8 Å². The fraction of sp³-hybridized carbons (Fsp3) is 0.881. The molecular formula is C42H76O11. The fourth-order valence-electron chi connectivity index (χ4n) is 6.46. The molecule has 0 amide bonds. The lowest BCUT2D eigenvalue weighted by molar-refractivity contribution is -0.298. The van der Waals surface area contributed by atoms with E-state index in [1.165, 1.54) is 89.9 Å². The number of unbranched alkanes of at least 4 members (excludes halogenated alkanes) is 22. The smallest absolute Gasteiger partial charge is 0.335 e. The van der Waals surface area contributed by atoms with Gasteiger partial charge in [-0.2, -0.15) is 0 Å². The van der Waals surface area contributed by atoms with Crippen LogP contribution in [-0.2, 0) is 33.3 Å². The van der Waals surface area contributed by atoms with Crippen molar-refractivity contribution in [3.63, 3.8) is 0 Å². The third-order valence-corrected chi connectivity index (χ3v) is 9.86. The number of aliphatic carboxylic acids is 1. The highest BCUT2D eigenvalue weighted by Gasteiger charge is 2.47. The number of aliphatic hydroxyl groups is 3. The van der Waals surface area contributed by atoms with Gasteiger partial charge in [0.05, 0.1) is 6.61 Å². The van der Waals surface area contributed by atoms with E-state index in [4.69, 9.17) is 18.9 Å². The number of hydrogen-bond acceptors (Lipinski definition) is 10. The minimum Gasteiger partial charge on any atom is -0.479 e. The van der Waals surface area contributed by atoms with E-state index in [1.807, 2.05) is 0 Å². The van der Waals surface area contributed by atoms with Gasteiger partial charge in [0.2, 0.25) is 0 Å². The first kappa shape index (κ1) is 49.0. The quantitative estimate of drug-likeness (QED) is 0.0278. The van der Waals surface area contributed by atoms with Crippen LogP contribution in [0.2, 0.25) is 0 Å². The van der Waals surface area contributed by atoms with Crippen LogP contribution in [0.3, 0.4) is 0 Å². The molecule has 1 aliphatic rings. The van der Waals surface area contributed by atoms with Crippen LogP contribution < -0.4 is 0 Å². The molecule has 0 saturated carbocycles. The highest BCUT2D eigenvalue weighted by Crippen LogP contribution is 2.23. The van der Waals surface area contributed by atoms with Crippen LogP contribution in [0.4, 0.5) is 0 Å². The molecule has 0 aromatic rings. The number of rotatable bonds is 35. The predicted molar refractivity (Wildman–Crippen MR) is 206 cm³/mol. The van der Waals surface area contributed by atoms with Crippen molar-refractivity contribution in [3.05, 3.63) is 12.2 Å². The second-order valence-electron chi connectivity index (χ2n) is 14.8. The molecule has 0 bridgehead atoms. The van der Waals surface area contributed by atoms with Crippen LogP contribution in [-0.4, -0.2) is 88.4 Å². The number of carbonyl (C=O) groups is 3. The summed E-state index contributed by atoms with van der Waals surface area (Å²) < 4.78 is 21.7. The number of aliphatic hydroxyl groups excluding tert-OH is 3. The van der Waals surface area contributed by atoms with Crippen molar-refractivity contribution in [3.8, 4) is 0 Å². The molecule has 1 fully saturated rings. The van der Waals surface area contributed by atoms with Crippen molar-refractivity contribution < 1.29 is 53.8 Å². The summed E-state index contributed by atoms with van der Waals surface area (Å²) >= 11 is 0. The molecule has 0 spiro atoms. The number of carboxylic acids is 1. The zero-order valence-corrected chi connectivity index (χ0v) is 33.3. The molecule has 1 saturated heterocycles. The third-order valence-electron chi connectivity index (χ3n) is 9.86. The van der Waals surface area contributed by atoms with E-state index in [1.54, 1.807) is 0 Å². The van der Waals surface area contributed by atoms with E-state index >= 15 is 0 Å². The predicted octanol–water partition coefficient (Wildman–Crippen LogP) is 8.48. The highest BCUT2D eigenvalue weighted by molar-refractivity contribution is 5.73. The summed E-state index contributed by atoms with van der Waals surface area (Å²) in [6.45, 7) is 3.79. The molecule has 11 heteroatoms. The Balaban J connectivity index is 2.40. The van der Waals surface area contributed by atoms with Gasteiger partial charge < -0.3 is 39.4 Å². The lowest BCUT2D eigenvalue weighted by Crippen LogP contribution is -2.60. The summed E-state index contributed by atoms with van der Waals surface area (Å²) in [4.78, 5) is 36.7. The Hall–Kier alpha value is -2.05. The summed E-state index contributed by atoms with van der Waals surface area (Å²) in [7, 11) is 0. The summed E-state index contributed by atoms with van der Waals surface area (Å²) in [5.74, 6) is -2.45. The van der Waals surface area contributed by atoms with Crippen LogP contribution >= 0.6 is 0 Å². The van der Waals surface area contributed by atoms with Gasteiger partial charge in [0.25, 0.3) is 0 Å². The molecule has 1 heterocycles. The minimum atomic E-state index is -1.86. The van der Waals surface area contributed by atoms with Crippen molar-refractivity contribution in [1.29, 1.82) is 0 Å². The van der Waals surface area contributed by atoms with Crippen molar-refractivity contribution >= 4 is 17.9 Å². The lowest BCUT2D eigenvalue weighted by Gasteiger charge is -2.38. The van der Waals surface area contributed by atoms with E-state index in [2.05, 4.69) is 26.0 Å². The first-order valence-electron chi connectivity index (χ1n) is 21.2. The second-order valence-corrected chi connectivity index (χ2v) is 14.8. The van der Waals surface area contributed by atoms with Crippen molar-refractivity contribution in [2.75, 3.05) is 13.2 Å². The molecule has 1 rings (SSSR count). The first-order chi connectivity index (χ1) is 25.7. The zero-order valence-electron chi connectivity index (χ0n) is 33.3. The van der Waals surface area contributed by atoms with Crippen molar-refractivity contribution in [2.45, 2.75) is 224 Å². The fourth-order valence-corrected chi connectivity index (χ4v) is 6.46. The Bertz CT molecular complexity index is 942. The molecule has 0 aromatic heterocycles. The van der Waals surface area contributed by atoms with Gasteiger partial charge in [0.1, 0.15) is 24.9 Å². The Morgan fingerprint density at radius 2 is 1.00 bits per heavy atom. The molecule has 0 aromatic carbocycles. The van der Waals surface area contributed by atoms with Crippen LogP contribution in [0.15, 0.2) is 12.2 Å². The number of allylic oxidation sites excluding steroid dienone is 2. The molecule has 0 radical (unpaired) electrons. The van der Waals surface area contributed by atoms with Gasteiger partial charge in [-0.3, -0.25) is 9.59 Å². The summed E-state index contributed by atoms with van der Waals surface area (Å²) in [5, 5.41) is 39.7. The number of hydrogen-bond donors (Lipinski definition) is 4. The van der Waals surface area contributed by atoms with E-state index < -0.39 is 54.7 Å². The average Bonchev–Trinajstić information content (AvgIpc) is 3.14. The van der Waals surface area contributed by atoms with E-state index in [0.29, 0.717) is 12.8 Å². The number of carbonyl (C=O) groups excluding carboxylic acids is 2. The molecule has 6 unspecified atom stereocenters. The van der Waals surface area contributed by atoms with Crippen molar-refractivity contribution in [2.24, 2.45) is 0 Å². The van der Waals surface area contributed by atoms with Crippen LogP contribution in [0.5, 0.6) is 0 Å². The molecule has 4 N–H and O–H groups in total. The molecule has 1 aliphatic heterocycles. The van der Waals surface area contributed by atoms with Crippen LogP contribution in [0.1, 0.15) is 187 Å². The summed E-state index contributed by atoms with van der Waals surface area (Å²) in [6, 6.07) is 0. The maximum Gasteiger partial charge on any atom is 0.335 e. The van der Waals surface area contributed by atoms with Gasteiger partial charge in [-0.25, -0.2) is 4.79 Å². The van der Waals surface area contributed by atoms with E-state index in [-0.39, 0.29) is 26.1 Å². The average molecular weight is 757 g/mol. The highest BCUT2D eigenvalue weighted by atomic mass is 16.7. The minimum absolute atomic E-state index is 0.186. The van der Waals surface area contributed by atoms with Crippen LogP contribution in [0, 0.1) is 0 Å². The Morgan fingerprint density at radius 1 is 0.566 bits per heavy atom. The van der Waals surface area contributed by atoms with E-state index in [0.717, 1.165) is 57.8 Å². The molecule has 0 aliphatic carbocycles. The van der Waals surface area contributed by atoms with Gasteiger partial charge in [-0.1, -0.05) is 148 Å². The largest absolute Gasteiger partial charge is 0.479 e. The van der Waals surface area contributed by atoms with Gasteiger partial charge in [0.15, 0.2) is 18.5 Å². The molecule has 6 atom stereocenters. The Kier molecular flexibility index (Phi) is 30.8. The Morgan fingerprint density at radius 3 is 1.49 bits per heavy atom. The lowest BCUT2D eigenvalue weighted by atomic mass is 9.99. The first-order valence-corrected chi connectivity index (χ1v) is 21.2. The van der Waals surface area contributed by atoms with Gasteiger partial charge >= 0.3 is 17.9 Å². The number of ether oxygens (including phenoxy) is 4. The topological polar surface area (TPSA) is 169 Å². The number of esters is 2. The number of carboxylic acid groups (broad SMARTS) is 1. The maximum atomic E-state index is 12.7. The molecule has 53 heavy (non-hydrogen) atoms. The standard InChI is InChI=1S/C42H76O11/c1-3-5-7-9-11-13-15-17-19-21-23-25-27-29-31-36(44)52-34(33-51-42-39(47)37(45)38(46)40(53-42)41(48)49)32-50-35(43)30-28-26-24-22-20-18-16-14-12-10-8-6-4-2/h14,16,34,37-40,42,45-47H,3-13,15,17-33H2,1-2H3,(H,48,49)/b16-14-. The SMILES string of the molecule is CCCCCC/C=C\CCCCCCCC(=O)OCC(COC1OC(C(=O)O)C(O)C(O)C1O)OC(=O)CCCCCCCCCCCCCCCC. The van der Waals surface area contributed by atoms with Gasteiger partial charge in [-0.05, 0) is 38.5 Å². The normalized spacial score (nSPS) is 20.8. The summed E-state index contributed by atoms with van der Waals surface area (Å²) in [5.41, 5.74) is 0. The van der Waals surface area contributed by atoms with Crippen LogP contribution in [0.25, 0.3) is 0 Å². The molecule has 310 valence electrons. The van der Waals surface area contributed by atoms with Gasteiger partial charge in [-0.15, -0.1) is 0 Å². The monoisotopic (exact) mass is 757 g/mol. The van der Waals surface area contributed by atoms with E-state index in [9.17, 15) is 34.8 Å². The van der Waals surface area contributed by atoms with Crippen molar-refractivity contribution in [1.82, 2.24) is 0 Å². The second kappa shape index (κ2) is 33.3.